The Labute approximate surface area is 92.1 Å². The fourth-order valence-corrected chi connectivity index (χ4v) is 2.25. The van der Waals surface area contributed by atoms with Gasteiger partial charge in [-0.25, -0.2) is 0 Å². The maximum atomic E-state index is 8.55. The van der Waals surface area contributed by atoms with Crippen molar-refractivity contribution in [2.24, 2.45) is 0 Å². The van der Waals surface area contributed by atoms with Crippen molar-refractivity contribution >= 4 is 21.6 Å². The zero-order chi connectivity index (χ0) is 9.97. The van der Waals surface area contributed by atoms with Crippen LogP contribution in [0.15, 0.2) is 22.7 Å². The normalized spacial score (nSPS) is 18.4. The summed E-state index contributed by atoms with van der Waals surface area (Å²) < 4.78 is 1.11. The summed E-state index contributed by atoms with van der Waals surface area (Å²) in [4.78, 5) is 0. The largest absolute Gasteiger partial charge is 0.384 e. The van der Waals surface area contributed by atoms with Gasteiger partial charge in [0.05, 0.1) is 6.07 Å². The van der Waals surface area contributed by atoms with Crippen LogP contribution in [-0.4, -0.2) is 6.54 Å². The summed E-state index contributed by atoms with van der Waals surface area (Å²) in [5.74, 6) is 0.502. The minimum absolute atomic E-state index is 0.502. The third-order valence-corrected chi connectivity index (χ3v) is 3.09. The Bertz CT molecular complexity index is 381. The number of nitrogens with zero attached hydrogens (tertiary/aromatic N) is 1. The van der Waals surface area contributed by atoms with E-state index in [0.29, 0.717) is 12.3 Å². The van der Waals surface area contributed by atoms with Gasteiger partial charge in [-0.1, -0.05) is 15.9 Å². The van der Waals surface area contributed by atoms with Crippen LogP contribution < -0.4 is 5.32 Å². The fraction of sp³-hybridized carbons (Fsp3) is 0.364. The lowest BCUT2D eigenvalue weighted by molar-refractivity contribution is 0.690. The molecular weight excluding hydrogens is 240 g/mol. The lowest BCUT2D eigenvalue weighted by Crippen LogP contribution is -2.01. The number of nitrogens with one attached hydrogen (secondary N) is 1. The number of fused-ring (bicyclic) bond motifs is 1. The summed E-state index contributed by atoms with van der Waals surface area (Å²) in [6.45, 7) is 0.966. The van der Waals surface area contributed by atoms with Crippen LogP contribution in [0.2, 0.25) is 0 Å². The van der Waals surface area contributed by atoms with Gasteiger partial charge >= 0.3 is 0 Å². The molecule has 0 saturated heterocycles. The summed E-state index contributed by atoms with van der Waals surface area (Å²) in [5.41, 5.74) is 2.56. The highest BCUT2D eigenvalue weighted by molar-refractivity contribution is 9.10. The van der Waals surface area contributed by atoms with Crippen LogP contribution in [0.25, 0.3) is 0 Å². The standard InChI is InChI=1S/C11H11BrN2/c12-9-3-4-11-10(6-9)8(7-14-11)2-1-5-13/h3-4,6,8,14H,1-2,7H2. The first kappa shape index (κ1) is 9.54. The monoisotopic (exact) mass is 250 g/mol. The van der Waals surface area contributed by atoms with Crippen molar-refractivity contribution in [3.05, 3.63) is 28.2 Å². The third-order valence-electron chi connectivity index (χ3n) is 2.60. The molecule has 0 spiro atoms. The molecule has 2 nitrogen and oxygen atoms in total. The summed E-state index contributed by atoms with van der Waals surface area (Å²) in [7, 11) is 0. The molecule has 72 valence electrons. The Kier molecular flexibility index (Phi) is 2.74. The van der Waals surface area contributed by atoms with Gasteiger partial charge in [0.25, 0.3) is 0 Å². The quantitative estimate of drug-likeness (QED) is 0.875. The minimum Gasteiger partial charge on any atom is -0.384 e. The van der Waals surface area contributed by atoms with Gasteiger partial charge in [0.2, 0.25) is 0 Å². The third kappa shape index (κ3) is 1.76. The first-order chi connectivity index (χ1) is 6.81. The summed E-state index contributed by atoms with van der Waals surface area (Å²) in [5, 5.41) is 11.9. The van der Waals surface area contributed by atoms with E-state index in [0.717, 1.165) is 17.4 Å². The Morgan fingerprint density at radius 3 is 3.21 bits per heavy atom. The molecule has 0 aliphatic carbocycles. The lowest BCUT2D eigenvalue weighted by atomic mass is 9.97. The highest BCUT2D eigenvalue weighted by Gasteiger charge is 2.21. The topological polar surface area (TPSA) is 35.8 Å². The molecule has 1 unspecified atom stereocenters. The number of halogens is 1. The number of rotatable bonds is 2. The smallest absolute Gasteiger partial charge is 0.0621 e. The molecule has 0 saturated carbocycles. The van der Waals surface area contributed by atoms with Crippen LogP contribution in [-0.2, 0) is 0 Å². The van der Waals surface area contributed by atoms with Crippen molar-refractivity contribution in [3.63, 3.8) is 0 Å². The van der Waals surface area contributed by atoms with Gasteiger partial charge in [0, 0.05) is 29.0 Å². The Balaban J connectivity index is 2.21. The van der Waals surface area contributed by atoms with E-state index in [4.69, 9.17) is 5.26 Å². The summed E-state index contributed by atoms with van der Waals surface area (Å²) in [6, 6.07) is 8.48. The second-order valence-corrected chi connectivity index (χ2v) is 4.42. The SMILES string of the molecule is N#CCCC1CNc2ccc(Br)cc21. The van der Waals surface area contributed by atoms with E-state index in [1.54, 1.807) is 0 Å². The van der Waals surface area contributed by atoms with Gasteiger partial charge in [0.15, 0.2) is 0 Å². The average Bonchev–Trinajstić information content (AvgIpc) is 2.57. The number of benzene rings is 1. The van der Waals surface area contributed by atoms with E-state index in [9.17, 15) is 0 Å². The van der Waals surface area contributed by atoms with Gasteiger partial charge in [0.1, 0.15) is 0 Å². The summed E-state index contributed by atoms with van der Waals surface area (Å²) >= 11 is 3.47. The number of anilines is 1. The van der Waals surface area contributed by atoms with Gasteiger partial charge in [-0.05, 0) is 30.2 Å². The Morgan fingerprint density at radius 2 is 2.43 bits per heavy atom. The molecule has 0 amide bonds. The molecule has 1 atom stereocenters. The van der Waals surface area contributed by atoms with Crippen molar-refractivity contribution < 1.29 is 0 Å². The van der Waals surface area contributed by atoms with E-state index < -0.39 is 0 Å². The molecule has 0 radical (unpaired) electrons. The predicted octanol–water partition coefficient (Wildman–Crippen LogP) is 3.26. The lowest BCUT2D eigenvalue weighted by Gasteiger charge is -2.07. The van der Waals surface area contributed by atoms with Crippen LogP contribution >= 0.6 is 15.9 Å². The molecule has 0 bridgehead atoms. The van der Waals surface area contributed by atoms with E-state index in [1.165, 1.54) is 11.3 Å². The van der Waals surface area contributed by atoms with Crippen LogP contribution in [0.4, 0.5) is 5.69 Å². The Morgan fingerprint density at radius 1 is 1.57 bits per heavy atom. The van der Waals surface area contributed by atoms with Crippen LogP contribution in [0.1, 0.15) is 24.3 Å². The molecule has 14 heavy (non-hydrogen) atoms. The van der Waals surface area contributed by atoms with Gasteiger partial charge in [-0.3, -0.25) is 0 Å². The number of hydrogen-bond donors (Lipinski definition) is 1. The molecule has 0 aromatic heterocycles. The molecule has 2 rings (SSSR count). The molecular formula is C11H11BrN2. The van der Waals surface area contributed by atoms with Crippen molar-refractivity contribution in [2.45, 2.75) is 18.8 Å². The average molecular weight is 251 g/mol. The molecule has 1 aromatic carbocycles. The maximum Gasteiger partial charge on any atom is 0.0621 e. The first-order valence-corrected chi connectivity index (χ1v) is 5.51. The molecule has 1 heterocycles. The van der Waals surface area contributed by atoms with E-state index >= 15 is 0 Å². The van der Waals surface area contributed by atoms with Crippen LogP contribution in [0, 0.1) is 11.3 Å². The molecule has 1 aliphatic rings. The second kappa shape index (κ2) is 4.02. The van der Waals surface area contributed by atoms with Gasteiger partial charge < -0.3 is 5.32 Å². The number of hydrogen-bond acceptors (Lipinski definition) is 2. The number of nitriles is 1. The van der Waals surface area contributed by atoms with E-state index in [2.05, 4.69) is 39.4 Å². The van der Waals surface area contributed by atoms with Gasteiger partial charge in [-0.15, -0.1) is 0 Å². The molecule has 3 heteroatoms. The summed E-state index contributed by atoms with van der Waals surface area (Å²) in [6.07, 6.45) is 1.59. The second-order valence-electron chi connectivity index (χ2n) is 3.51. The van der Waals surface area contributed by atoms with E-state index in [1.807, 2.05) is 6.07 Å². The van der Waals surface area contributed by atoms with Crippen LogP contribution in [0.3, 0.4) is 0 Å². The van der Waals surface area contributed by atoms with Gasteiger partial charge in [-0.2, -0.15) is 5.26 Å². The zero-order valence-electron chi connectivity index (χ0n) is 7.76. The van der Waals surface area contributed by atoms with Crippen molar-refractivity contribution in [3.8, 4) is 6.07 Å². The van der Waals surface area contributed by atoms with Crippen molar-refractivity contribution in [2.75, 3.05) is 11.9 Å². The molecule has 1 aromatic rings. The Hall–Kier alpha value is -1.01. The minimum atomic E-state index is 0.502. The highest BCUT2D eigenvalue weighted by atomic mass is 79.9. The molecule has 1 aliphatic heterocycles. The maximum absolute atomic E-state index is 8.55. The highest BCUT2D eigenvalue weighted by Crippen LogP contribution is 2.35. The first-order valence-electron chi connectivity index (χ1n) is 4.71. The zero-order valence-corrected chi connectivity index (χ0v) is 9.34. The predicted molar refractivity (Wildman–Crippen MR) is 60.2 cm³/mol. The van der Waals surface area contributed by atoms with Crippen molar-refractivity contribution in [1.29, 1.82) is 5.26 Å². The molecule has 1 N–H and O–H groups in total. The fourth-order valence-electron chi connectivity index (χ4n) is 1.87. The van der Waals surface area contributed by atoms with Crippen molar-refractivity contribution in [1.82, 2.24) is 0 Å². The van der Waals surface area contributed by atoms with E-state index in [-0.39, 0.29) is 0 Å². The molecule has 0 fully saturated rings. The van der Waals surface area contributed by atoms with Crippen LogP contribution in [0.5, 0.6) is 0 Å².